The van der Waals surface area contributed by atoms with Gasteiger partial charge in [-0.2, -0.15) is 0 Å². The number of amides is 1. The molecule has 1 aromatic heterocycles. The average molecular weight is 296 g/mol. The number of aliphatic carboxylic acids is 1. The molecule has 6 nitrogen and oxygen atoms in total. The summed E-state index contributed by atoms with van der Waals surface area (Å²) in [6.07, 6.45) is 0. The molecule has 7 heteroatoms. The number of carboxylic acids is 1. The van der Waals surface area contributed by atoms with Gasteiger partial charge in [0.25, 0.3) is 5.91 Å². The lowest BCUT2D eigenvalue weighted by atomic mass is 10.1. The second-order valence-electron chi connectivity index (χ2n) is 4.96. The van der Waals surface area contributed by atoms with Crippen LogP contribution in [0.4, 0.5) is 0 Å². The van der Waals surface area contributed by atoms with E-state index in [0.29, 0.717) is 5.75 Å². The van der Waals surface area contributed by atoms with Gasteiger partial charge in [0.1, 0.15) is 11.7 Å². The van der Waals surface area contributed by atoms with Crippen LogP contribution in [0.25, 0.3) is 0 Å². The molecule has 0 aromatic carbocycles. The third-order valence-electron chi connectivity index (χ3n) is 3.12. The molecule has 1 fully saturated rings. The Labute approximate surface area is 120 Å². The molecule has 1 aliphatic heterocycles. The Balaban J connectivity index is 2.37. The van der Waals surface area contributed by atoms with Crippen molar-refractivity contribution in [3.8, 4) is 0 Å². The number of nitrogens with one attached hydrogen (secondary N) is 1. The van der Waals surface area contributed by atoms with Crippen molar-refractivity contribution in [2.24, 2.45) is 5.92 Å². The van der Waals surface area contributed by atoms with E-state index >= 15 is 0 Å². The number of nitrogens with zero attached hydrogens (tertiary/aromatic N) is 1. The summed E-state index contributed by atoms with van der Waals surface area (Å²) in [4.78, 5) is 38.9. The van der Waals surface area contributed by atoms with Crippen LogP contribution in [0.3, 0.4) is 0 Å². The van der Waals surface area contributed by atoms with Crippen molar-refractivity contribution in [3.63, 3.8) is 0 Å². The van der Waals surface area contributed by atoms with Crippen LogP contribution in [0.1, 0.15) is 24.3 Å². The van der Waals surface area contributed by atoms with E-state index in [-0.39, 0.29) is 22.5 Å². The molecule has 0 aliphatic carbocycles. The number of aromatic nitrogens is 1. The summed E-state index contributed by atoms with van der Waals surface area (Å²) in [5.41, 5.74) is -0.257. The van der Waals surface area contributed by atoms with Gasteiger partial charge in [-0.25, -0.2) is 4.79 Å². The highest BCUT2D eigenvalue weighted by Gasteiger charge is 2.43. The summed E-state index contributed by atoms with van der Waals surface area (Å²) in [6.45, 7) is 3.88. The van der Waals surface area contributed by atoms with Crippen LogP contribution in [0.2, 0.25) is 0 Å². The van der Waals surface area contributed by atoms with Crippen LogP contribution in [0.15, 0.2) is 23.0 Å². The summed E-state index contributed by atoms with van der Waals surface area (Å²) in [6, 6.07) is 3.42. The largest absolute Gasteiger partial charge is 0.480 e. The lowest BCUT2D eigenvalue weighted by molar-refractivity contribution is -0.141. The van der Waals surface area contributed by atoms with E-state index in [1.165, 1.54) is 34.9 Å². The van der Waals surface area contributed by atoms with Gasteiger partial charge in [0.05, 0.1) is 5.37 Å². The van der Waals surface area contributed by atoms with Gasteiger partial charge in [-0.3, -0.25) is 9.59 Å². The van der Waals surface area contributed by atoms with E-state index in [2.05, 4.69) is 4.98 Å². The maximum absolute atomic E-state index is 12.5. The predicted molar refractivity (Wildman–Crippen MR) is 75.7 cm³/mol. The minimum absolute atomic E-state index is 0.122. The number of rotatable bonds is 3. The zero-order valence-electron chi connectivity index (χ0n) is 11.2. The molecule has 2 N–H and O–H groups in total. The number of thioether (sulfide) groups is 1. The van der Waals surface area contributed by atoms with Crippen molar-refractivity contribution in [2.75, 3.05) is 5.75 Å². The number of aromatic amines is 1. The van der Waals surface area contributed by atoms with Gasteiger partial charge >= 0.3 is 5.97 Å². The Morgan fingerprint density at radius 3 is 2.70 bits per heavy atom. The van der Waals surface area contributed by atoms with Crippen molar-refractivity contribution in [1.82, 2.24) is 9.88 Å². The minimum Gasteiger partial charge on any atom is -0.480 e. The predicted octanol–water partition coefficient (Wildman–Crippen LogP) is 0.999. The van der Waals surface area contributed by atoms with Gasteiger partial charge in [0, 0.05) is 11.8 Å². The van der Waals surface area contributed by atoms with Crippen LogP contribution in [0, 0.1) is 5.92 Å². The second-order valence-corrected chi connectivity index (χ2v) is 6.11. The topological polar surface area (TPSA) is 90.5 Å². The minimum atomic E-state index is -1.02. The molecule has 1 amide bonds. The third-order valence-corrected chi connectivity index (χ3v) is 4.74. The number of hydrogen-bond acceptors (Lipinski definition) is 4. The molecule has 108 valence electrons. The maximum Gasteiger partial charge on any atom is 0.327 e. The van der Waals surface area contributed by atoms with E-state index in [4.69, 9.17) is 0 Å². The van der Waals surface area contributed by atoms with Gasteiger partial charge in [-0.1, -0.05) is 19.9 Å². The molecule has 0 bridgehead atoms. The second kappa shape index (κ2) is 5.70. The molecular weight excluding hydrogens is 280 g/mol. The monoisotopic (exact) mass is 296 g/mol. The molecule has 1 saturated heterocycles. The molecule has 1 aromatic rings. The fraction of sp³-hybridized carbons (Fsp3) is 0.462. The first-order valence-electron chi connectivity index (χ1n) is 6.28. The molecule has 2 rings (SSSR count). The first kappa shape index (κ1) is 14.6. The molecule has 2 heterocycles. The summed E-state index contributed by atoms with van der Waals surface area (Å²) in [5, 5.41) is 9.05. The van der Waals surface area contributed by atoms with Gasteiger partial charge in [0.15, 0.2) is 0 Å². The Kier molecular flexibility index (Phi) is 4.17. The van der Waals surface area contributed by atoms with E-state index in [9.17, 15) is 19.5 Å². The zero-order chi connectivity index (χ0) is 14.9. The van der Waals surface area contributed by atoms with Crippen molar-refractivity contribution >= 4 is 23.6 Å². The van der Waals surface area contributed by atoms with E-state index in [0.717, 1.165) is 0 Å². The average Bonchev–Trinajstić information content (AvgIpc) is 2.82. The van der Waals surface area contributed by atoms with Crippen LogP contribution in [0.5, 0.6) is 0 Å². The van der Waals surface area contributed by atoms with E-state index < -0.39 is 17.9 Å². The maximum atomic E-state index is 12.5. The van der Waals surface area contributed by atoms with Crippen molar-refractivity contribution in [1.29, 1.82) is 0 Å². The van der Waals surface area contributed by atoms with E-state index in [1.807, 2.05) is 13.8 Å². The fourth-order valence-corrected chi connectivity index (χ4v) is 3.67. The molecular formula is C13H16N2O4S. The van der Waals surface area contributed by atoms with Crippen LogP contribution < -0.4 is 5.56 Å². The molecule has 1 aliphatic rings. The number of carboxylic acid groups (broad SMARTS) is 1. The molecule has 20 heavy (non-hydrogen) atoms. The highest BCUT2D eigenvalue weighted by Crippen LogP contribution is 2.34. The van der Waals surface area contributed by atoms with Crippen molar-refractivity contribution < 1.29 is 14.7 Å². The number of hydrogen-bond donors (Lipinski definition) is 2. The fourth-order valence-electron chi connectivity index (χ4n) is 2.20. The van der Waals surface area contributed by atoms with Crippen molar-refractivity contribution in [3.05, 3.63) is 34.2 Å². The van der Waals surface area contributed by atoms with Crippen molar-refractivity contribution in [2.45, 2.75) is 25.3 Å². The Hall–Kier alpha value is -1.76. The highest BCUT2D eigenvalue weighted by atomic mass is 32.2. The summed E-state index contributed by atoms with van der Waals surface area (Å²) >= 11 is 1.45. The first-order chi connectivity index (χ1) is 9.41. The normalized spacial score (nSPS) is 22.2. The van der Waals surface area contributed by atoms with Crippen LogP contribution in [-0.2, 0) is 4.79 Å². The Bertz CT molecular complexity index is 584. The number of carbonyl (C=O) groups excluding carboxylic acids is 1. The number of pyridine rings is 1. The van der Waals surface area contributed by atoms with E-state index in [1.54, 1.807) is 0 Å². The molecule has 0 saturated carbocycles. The summed E-state index contributed by atoms with van der Waals surface area (Å²) in [7, 11) is 0. The van der Waals surface area contributed by atoms with Crippen LogP contribution >= 0.6 is 11.8 Å². The van der Waals surface area contributed by atoms with Gasteiger partial charge < -0.3 is 15.0 Å². The Morgan fingerprint density at radius 1 is 1.45 bits per heavy atom. The van der Waals surface area contributed by atoms with Crippen LogP contribution in [-0.4, -0.2) is 44.0 Å². The molecule has 0 radical (unpaired) electrons. The molecule has 2 unspecified atom stereocenters. The third kappa shape index (κ3) is 2.72. The standard InChI is InChI=1S/C13H16N2O4S/c1-7(2)12-15(9(6-20-12)13(18)19)11(17)8-4-3-5-10(16)14-8/h3-5,7,9,12H,6H2,1-2H3,(H,14,16)(H,18,19). The zero-order valence-corrected chi connectivity index (χ0v) is 12.0. The number of carbonyl (C=O) groups is 2. The first-order valence-corrected chi connectivity index (χ1v) is 7.33. The quantitative estimate of drug-likeness (QED) is 0.868. The summed E-state index contributed by atoms with van der Waals surface area (Å²) in [5.74, 6) is -0.976. The van der Waals surface area contributed by atoms with Gasteiger partial charge in [0.2, 0.25) is 5.56 Å². The highest BCUT2D eigenvalue weighted by molar-refractivity contribution is 8.00. The van der Waals surface area contributed by atoms with Gasteiger partial charge in [-0.05, 0) is 12.0 Å². The lowest BCUT2D eigenvalue weighted by Gasteiger charge is -2.29. The molecule has 0 spiro atoms. The SMILES string of the molecule is CC(C)C1SCC(C(=O)O)N1C(=O)c1cccc(=O)[nH]1. The number of H-pyrrole nitrogens is 1. The smallest absolute Gasteiger partial charge is 0.327 e. The summed E-state index contributed by atoms with van der Waals surface area (Å²) < 4.78 is 0. The Morgan fingerprint density at radius 2 is 2.15 bits per heavy atom. The van der Waals surface area contributed by atoms with Gasteiger partial charge in [-0.15, -0.1) is 11.8 Å². The molecule has 2 atom stereocenters. The lowest BCUT2D eigenvalue weighted by Crippen LogP contribution is -2.47.